The summed E-state index contributed by atoms with van der Waals surface area (Å²) in [4.78, 5) is 0. The molecule has 0 aromatic heterocycles. The lowest BCUT2D eigenvalue weighted by Crippen LogP contribution is -2.17. The van der Waals surface area contributed by atoms with E-state index in [1.807, 2.05) is 0 Å². The van der Waals surface area contributed by atoms with Gasteiger partial charge < -0.3 is 5.11 Å². The molecule has 0 saturated carbocycles. The Kier molecular flexibility index (Phi) is 3.84. The molecule has 1 aromatic carbocycles. The molecular weight excluding hydrogens is 216 g/mol. The van der Waals surface area contributed by atoms with Crippen LogP contribution in [-0.4, -0.2) is 24.2 Å². The number of aliphatic hydroxyl groups excluding tert-OH is 1. The highest BCUT2D eigenvalue weighted by molar-refractivity contribution is 7.86. The molecule has 1 rings (SSSR count). The van der Waals surface area contributed by atoms with Crippen molar-refractivity contribution in [1.29, 1.82) is 0 Å². The summed E-state index contributed by atoms with van der Waals surface area (Å²) in [5.41, 5.74) is 0.487. The Morgan fingerprint density at radius 3 is 2.20 bits per heavy atom. The predicted molar refractivity (Wildman–Crippen MR) is 57.0 cm³/mol. The molecular formula is C10H14O4S. The molecule has 0 radical (unpaired) electrons. The smallest absolute Gasteiger partial charge is 0.272 e. The maximum absolute atomic E-state index is 11.1. The molecule has 2 N–H and O–H groups in total. The first kappa shape index (κ1) is 12.2. The molecule has 84 valence electrons. The van der Waals surface area contributed by atoms with E-state index in [-0.39, 0.29) is 6.42 Å². The van der Waals surface area contributed by atoms with Crippen LogP contribution >= 0.6 is 0 Å². The number of aliphatic hydroxyl groups is 1. The Morgan fingerprint density at radius 2 is 1.80 bits per heavy atom. The molecule has 0 aliphatic carbocycles. The lowest BCUT2D eigenvalue weighted by molar-refractivity contribution is 0.181. The minimum absolute atomic E-state index is 0.0111. The van der Waals surface area contributed by atoms with E-state index in [2.05, 4.69) is 0 Å². The minimum Gasteiger partial charge on any atom is -0.393 e. The monoisotopic (exact) mass is 230 g/mol. The Hall–Kier alpha value is -0.910. The van der Waals surface area contributed by atoms with Crippen molar-refractivity contribution >= 4 is 10.1 Å². The SMILES string of the molecule is C[C@H](O)C[C@H](c1ccccc1)S(=O)(=O)O. The Bertz CT molecular complexity index is 397. The predicted octanol–water partition coefficient (Wildman–Crippen LogP) is 1.39. The highest BCUT2D eigenvalue weighted by Crippen LogP contribution is 2.26. The third-order valence-electron chi connectivity index (χ3n) is 2.09. The molecule has 0 aliphatic rings. The van der Waals surface area contributed by atoms with Crippen molar-refractivity contribution < 1.29 is 18.1 Å². The van der Waals surface area contributed by atoms with Gasteiger partial charge >= 0.3 is 0 Å². The van der Waals surface area contributed by atoms with Crippen LogP contribution in [0.2, 0.25) is 0 Å². The highest BCUT2D eigenvalue weighted by Gasteiger charge is 2.26. The van der Waals surface area contributed by atoms with Crippen molar-refractivity contribution in [3.63, 3.8) is 0 Å². The second-order valence-electron chi connectivity index (χ2n) is 3.50. The lowest BCUT2D eigenvalue weighted by Gasteiger charge is -2.15. The molecule has 2 atom stereocenters. The highest BCUT2D eigenvalue weighted by atomic mass is 32.2. The molecule has 0 fully saturated rings. The fraction of sp³-hybridized carbons (Fsp3) is 0.400. The van der Waals surface area contributed by atoms with Crippen LogP contribution in [0, 0.1) is 0 Å². The Labute approximate surface area is 89.3 Å². The molecule has 5 heteroatoms. The van der Waals surface area contributed by atoms with Crippen LogP contribution in [-0.2, 0) is 10.1 Å². The summed E-state index contributed by atoms with van der Waals surface area (Å²) in [5.74, 6) is 0. The number of benzene rings is 1. The van der Waals surface area contributed by atoms with Crippen molar-refractivity contribution in [2.24, 2.45) is 0 Å². The van der Waals surface area contributed by atoms with Crippen LogP contribution in [0.1, 0.15) is 24.2 Å². The van der Waals surface area contributed by atoms with Crippen LogP contribution in [0.4, 0.5) is 0 Å². The molecule has 15 heavy (non-hydrogen) atoms. The average molecular weight is 230 g/mol. The third kappa shape index (κ3) is 3.62. The first-order chi connectivity index (χ1) is 6.91. The number of hydrogen-bond acceptors (Lipinski definition) is 3. The van der Waals surface area contributed by atoms with Gasteiger partial charge in [-0.3, -0.25) is 4.55 Å². The zero-order valence-electron chi connectivity index (χ0n) is 8.37. The van der Waals surface area contributed by atoms with E-state index in [1.165, 1.54) is 6.92 Å². The van der Waals surface area contributed by atoms with Crippen LogP contribution in [0.5, 0.6) is 0 Å². The second kappa shape index (κ2) is 4.74. The van der Waals surface area contributed by atoms with Crippen molar-refractivity contribution in [2.45, 2.75) is 24.7 Å². The maximum Gasteiger partial charge on any atom is 0.272 e. The Morgan fingerprint density at radius 1 is 1.27 bits per heavy atom. The largest absolute Gasteiger partial charge is 0.393 e. The summed E-state index contributed by atoms with van der Waals surface area (Å²) in [6, 6.07) is 8.36. The number of rotatable bonds is 4. The first-order valence-corrected chi connectivity index (χ1v) is 6.11. The topological polar surface area (TPSA) is 74.6 Å². The standard InChI is InChI=1S/C10H14O4S/c1-8(11)7-10(15(12,13)14)9-5-3-2-4-6-9/h2-6,8,10-11H,7H2,1H3,(H,12,13,14)/t8-,10+/m0/s1. The first-order valence-electron chi connectivity index (χ1n) is 4.60. The summed E-state index contributed by atoms with van der Waals surface area (Å²) < 4.78 is 31.3. The fourth-order valence-corrected chi connectivity index (χ4v) is 2.43. The molecule has 0 heterocycles. The average Bonchev–Trinajstić information content (AvgIpc) is 2.14. The fourth-order valence-electron chi connectivity index (χ4n) is 1.41. The van der Waals surface area contributed by atoms with E-state index in [4.69, 9.17) is 4.55 Å². The van der Waals surface area contributed by atoms with Gasteiger partial charge in [-0.1, -0.05) is 30.3 Å². The molecule has 0 unspecified atom stereocenters. The van der Waals surface area contributed by atoms with Crippen molar-refractivity contribution in [2.75, 3.05) is 0 Å². The van der Waals surface area contributed by atoms with Gasteiger partial charge in [-0.15, -0.1) is 0 Å². The van der Waals surface area contributed by atoms with E-state index >= 15 is 0 Å². The van der Waals surface area contributed by atoms with E-state index in [0.717, 1.165) is 0 Å². The van der Waals surface area contributed by atoms with E-state index in [9.17, 15) is 13.5 Å². The van der Waals surface area contributed by atoms with Crippen molar-refractivity contribution in [1.82, 2.24) is 0 Å². The molecule has 4 nitrogen and oxygen atoms in total. The zero-order valence-corrected chi connectivity index (χ0v) is 9.18. The van der Waals surface area contributed by atoms with E-state index in [0.29, 0.717) is 5.56 Å². The summed E-state index contributed by atoms with van der Waals surface area (Å²) in [6.45, 7) is 1.49. The molecule has 0 spiro atoms. The van der Waals surface area contributed by atoms with Gasteiger partial charge in [0.1, 0.15) is 5.25 Å². The summed E-state index contributed by atoms with van der Waals surface area (Å²) >= 11 is 0. The van der Waals surface area contributed by atoms with Gasteiger partial charge in [-0.05, 0) is 18.9 Å². The summed E-state index contributed by atoms with van der Waals surface area (Å²) in [5, 5.41) is 8.12. The van der Waals surface area contributed by atoms with Crippen LogP contribution in [0.3, 0.4) is 0 Å². The van der Waals surface area contributed by atoms with Crippen molar-refractivity contribution in [3.8, 4) is 0 Å². The third-order valence-corrected chi connectivity index (χ3v) is 3.27. The minimum atomic E-state index is -4.17. The van der Waals surface area contributed by atoms with Gasteiger partial charge in [0.2, 0.25) is 0 Å². The second-order valence-corrected chi connectivity index (χ2v) is 5.10. The summed E-state index contributed by atoms with van der Waals surface area (Å²) in [6.07, 6.45) is -0.791. The quantitative estimate of drug-likeness (QED) is 0.766. The Balaban J connectivity index is 3.03. The van der Waals surface area contributed by atoms with Gasteiger partial charge in [-0.2, -0.15) is 8.42 Å². The number of hydrogen-bond donors (Lipinski definition) is 2. The maximum atomic E-state index is 11.1. The van der Waals surface area contributed by atoms with Crippen molar-refractivity contribution in [3.05, 3.63) is 35.9 Å². The van der Waals surface area contributed by atoms with Crippen LogP contribution in [0.15, 0.2) is 30.3 Å². The van der Waals surface area contributed by atoms with Gasteiger partial charge in [0, 0.05) is 0 Å². The summed E-state index contributed by atoms with van der Waals surface area (Å²) in [7, 11) is -4.17. The zero-order chi connectivity index (χ0) is 11.5. The van der Waals surface area contributed by atoms with Crippen LogP contribution < -0.4 is 0 Å². The van der Waals surface area contributed by atoms with Gasteiger partial charge in [0.25, 0.3) is 10.1 Å². The molecule has 0 bridgehead atoms. The van der Waals surface area contributed by atoms with Gasteiger partial charge in [-0.25, -0.2) is 0 Å². The molecule has 0 amide bonds. The lowest BCUT2D eigenvalue weighted by atomic mass is 10.1. The molecule has 0 saturated heterocycles. The molecule has 0 aliphatic heterocycles. The van der Waals surface area contributed by atoms with Gasteiger partial charge in [0.05, 0.1) is 6.10 Å². The normalized spacial score (nSPS) is 15.9. The molecule has 1 aromatic rings. The van der Waals surface area contributed by atoms with E-state index < -0.39 is 21.5 Å². The van der Waals surface area contributed by atoms with Crippen LogP contribution in [0.25, 0.3) is 0 Å². The van der Waals surface area contributed by atoms with Gasteiger partial charge in [0.15, 0.2) is 0 Å². The van der Waals surface area contributed by atoms with E-state index in [1.54, 1.807) is 30.3 Å².